The smallest absolute Gasteiger partial charge is 0.335 e. The summed E-state index contributed by atoms with van der Waals surface area (Å²) in [6, 6.07) is 6.79. The molecule has 0 radical (unpaired) electrons. The molecule has 0 heterocycles. The molecule has 0 unspecified atom stereocenters. The number of benzene rings is 1. The number of hydrogen-bond donors (Lipinski definition) is 2. The summed E-state index contributed by atoms with van der Waals surface area (Å²) in [5.41, 5.74) is 1.20. The van der Waals surface area contributed by atoms with Gasteiger partial charge in [-0.25, -0.2) is 4.79 Å². The van der Waals surface area contributed by atoms with Gasteiger partial charge < -0.3 is 10.4 Å². The molecule has 0 bridgehead atoms. The number of hydrogen-bond acceptors (Lipinski definition) is 2. The van der Waals surface area contributed by atoms with E-state index in [1.54, 1.807) is 18.2 Å². The van der Waals surface area contributed by atoms with Gasteiger partial charge in [-0.3, -0.25) is 4.79 Å². The van der Waals surface area contributed by atoms with Crippen LogP contribution in [0.3, 0.4) is 0 Å². The second-order valence-electron chi connectivity index (χ2n) is 5.04. The Hall–Kier alpha value is -1.84. The molecule has 0 aromatic heterocycles. The Morgan fingerprint density at radius 1 is 1.32 bits per heavy atom. The van der Waals surface area contributed by atoms with Crippen molar-refractivity contribution in [3.05, 3.63) is 35.4 Å². The third-order valence-corrected chi connectivity index (χ3v) is 2.86. The monoisotopic (exact) mass is 263 g/mol. The SMILES string of the molecule is CC(C)CCC(=O)NCCc1cccc(C(=O)O)c1. The maximum Gasteiger partial charge on any atom is 0.335 e. The van der Waals surface area contributed by atoms with Crippen LogP contribution in [0.4, 0.5) is 0 Å². The largest absolute Gasteiger partial charge is 0.478 e. The van der Waals surface area contributed by atoms with Gasteiger partial charge in [0, 0.05) is 13.0 Å². The maximum absolute atomic E-state index is 11.5. The predicted molar refractivity (Wildman–Crippen MR) is 74.2 cm³/mol. The number of carboxylic acid groups (broad SMARTS) is 1. The van der Waals surface area contributed by atoms with Gasteiger partial charge in [-0.05, 0) is 36.5 Å². The van der Waals surface area contributed by atoms with E-state index in [4.69, 9.17) is 5.11 Å². The Morgan fingerprint density at radius 2 is 2.05 bits per heavy atom. The van der Waals surface area contributed by atoms with Gasteiger partial charge >= 0.3 is 5.97 Å². The van der Waals surface area contributed by atoms with Gasteiger partial charge in [0.15, 0.2) is 0 Å². The summed E-state index contributed by atoms with van der Waals surface area (Å²) in [6.45, 7) is 4.72. The lowest BCUT2D eigenvalue weighted by Crippen LogP contribution is -2.25. The first-order chi connectivity index (χ1) is 8.99. The van der Waals surface area contributed by atoms with Gasteiger partial charge in [0.1, 0.15) is 0 Å². The number of carbonyl (C=O) groups excluding carboxylic acids is 1. The van der Waals surface area contributed by atoms with Crippen LogP contribution in [0, 0.1) is 5.92 Å². The molecular formula is C15H21NO3. The van der Waals surface area contributed by atoms with Gasteiger partial charge in [0.25, 0.3) is 0 Å². The summed E-state index contributed by atoms with van der Waals surface area (Å²) >= 11 is 0. The highest BCUT2D eigenvalue weighted by molar-refractivity contribution is 5.87. The zero-order chi connectivity index (χ0) is 14.3. The summed E-state index contributed by atoms with van der Waals surface area (Å²) in [5, 5.41) is 11.7. The minimum Gasteiger partial charge on any atom is -0.478 e. The van der Waals surface area contributed by atoms with Gasteiger partial charge in [-0.2, -0.15) is 0 Å². The fraction of sp³-hybridized carbons (Fsp3) is 0.467. The quantitative estimate of drug-likeness (QED) is 0.794. The van der Waals surface area contributed by atoms with E-state index in [1.165, 1.54) is 0 Å². The molecule has 1 aromatic rings. The molecule has 1 aromatic carbocycles. The fourth-order valence-corrected chi connectivity index (χ4v) is 1.71. The summed E-state index contributed by atoms with van der Waals surface area (Å²) in [7, 11) is 0. The lowest BCUT2D eigenvalue weighted by molar-refractivity contribution is -0.121. The first-order valence-corrected chi connectivity index (χ1v) is 6.58. The van der Waals surface area contributed by atoms with E-state index in [1.807, 2.05) is 6.07 Å². The molecule has 0 aliphatic carbocycles. The van der Waals surface area contributed by atoms with Crippen molar-refractivity contribution >= 4 is 11.9 Å². The van der Waals surface area contributed by atoms with Crippen molar-refractivity contribution in [2.75, 3.05) is 6.54 Å². The lowest BCUT2D eigenvalue weighted by atomic mass is 10.1. The first-order valence-electron chi connectivity index (χ1n) is 6.58. The molecule has 104 valence electrons. The maximum atomic E-state index is 11.5. The van der Waals surface area contributed by atoms with Crippen molar-refractivity contribution < 1.29 is 14.7 Å². The summed E-state index contributed by atoms with van der Waals surface area (Å²) in [6.07, 6.45) is 2.09. The van der Waals surface area contributed by atoms with Crippen molar-refractivity contribution in [3.8, 4) is 0 Å². The molecule has 0 spiro atoms. The minimum atomic E-state index is -0.928. The molecule has 0 aliphatic rings. The van der Waals surface area contributed by atoms with Crippen LogP contribution < -0.4 is 5.32 Å². The summed E-state index contributed by atoms with van der Waals surface area (Å²) in [4.78, 5) is 22.3. The van der Waals surface area contributed by atoms with Crippen molar-refractivity contribution in [2.24, 2.45) is 5.92 Å². The number of carboxylic acids is 1. The van der Waals surface area contributed by atoms with E-state index in [9.17, 15) is 9.59 Å². The molecule has 19 heavy (non-hydrogen) atoms. The van der Waals surface area contributed by atoms with E-state index in [-0.39, 0.29) is 11.5 Å². The van der Waals surface area contributed by atoms with Crippen molar-refractivity contribution in [3.63, 3.8) is 0 Å². The van der Waals surface area contributed by atoms with E-state index >= 15 is 0 Å². The van der Waals surface area contributed by atoms with Gasteiger partial charge in [-0.15, -0.1) is 0 Å². The second-order valence-corrected chi connectivity index (χ2v) is 5.04. The molecule has 0 saturated heterocycles. The van der Waals surface area contributed by atoms with Crippen LogP contribution in [0.25, 0.3) is 0 Å². The Balaban J connectivity index is 2.35. The topological polar surface area (TPSA) is 66.4 Å². The fourth-order valence-electron chi connectivity index (χ4n) is 1.71. The Bertz CT molecular complexity index is 441. The standard InChI is InChI=1S/C15H21NO3/c1-11(2)6-7-14(17)16-9-8-12-4-3-5-13(10-12)15(18)19/h3-5,10-11H,6-9H2,1-2H3,(H,16,17)(H,18,19). The number of rotatable bonds is 7. The highest BCUT2D eigenvalue weighted by Crippen LogP contribution is 2.06. The number of amides is 1. The number of carbonyl (C=O) groups is 2. The highest BCUT2D eigenvalue weighted by Gasteiger charge is 2.05. The number of aromatic carboxylic acids is 1. The average molecular weight is 263 g/mol. The summed E-state index contributed by atoms with van der Waals surface area (Å²) < 4.78 is 0. The molecule has 2 N–H and O–H groups in total. The molecule has 4 nitrogen and oxygen atoms in total. The third-order valence-electron chi connectivity index (χ3n) is 2.86. The van der Waals surface area contributed by atoms with Crippen LogP contribution in [0.2, 0.25) is 0 Å². The van der Waals surface area contributed by atoms with Gasteiger partial charge in [-0.1, -0.05) is 26.0 Å². The van der Waals surface area contributed by atoms with Crippen LogP contribution >= 0.6 is 0 Å². The van der Waals surface area contributed by atoms with Crippen molar-refractivity contribution in [1.82, 2.24) is 5.32 Å². The zero-order valence-electron chi connectivity index (χ0n) is 11.5. The van der Waals surface area contributed by atoms with Crippen LogP contribution in [0.15, 0.2) is 24.3 Å². The van der Waals surface area contributed by atoms with Crippen LogP contribution in [-0.4, -0.2) is 23.5 Å². The predicted octanol–water partition coefficient (Wildman–Crippen LogP) is 2.48. The molecule has 4 heteroatoms. The normalized spacial score (nSPS) is 10.5. The molecule has 1 amide bonds. The molecular weight excluding hydrogens is 242 g/mol. The Labute approximate surface area is 113 Å². The zero-order valence-corrected chi connectivity index (χ0v) is 11.5. The Kier molecular flexibility index (Phi) is 6.06. The van der Waals surface area contributed by atoms with Crippen LogP contribution in [-0.2, 0) is 11.2 Å². The second kappa shape index (κ2) is 7.56. The molecule has 0 atom stereocenters. The van der Waals surface area contributed by atoms with Gasteiger partial charge in [0.05, 0.1) is 5.56 Å². The lowest BCUT2D eigenvalue weighted by Gasteiger charge is -2.07. The van der Waals surface area contributed by atoms with E-state index < -0.39 is 5.97 Å². The molecule has 0 saturated carbocycles. The van der Waals surface area contributed by atoms with E-state index in [2.05, 4.69) is 19.2 Å². The van der Waals surface area contributed by atoms with Crippen LogP contribution in [0.1, 0.15) is 42.6 Å². The minimum absolute atomic E-state index is 0.0584. The third kappa shape index (κ3) is 6.04. The highest BCUT2D eigenvalue weighted by atomic mass is 16.4. The van der Waals surface area contributed by atoms with E-state index in [0.717, 1.165) is 12.0 Å². The molecule has 0 aliphatic heterocycles. The van der Waals surface area contributed by atoms with Gasteiger partial charge in [0.2, 0.25) is 5.91 Å². The Morgan fingerprint density at radius 3 is 2.68 bits per heavy atom. The molecule has 1 rings (SSSR count). The van der Waals surface area contributed by atoms with E-state index in [0.29, 0.717) is 25.3 Å². The summed E-state index contributed by atoms with van der Waals surface area (Å²) in [5.74, 6) is -0.344. The molecule has 0 fully saturated rings. The van der Waals surface area contributed by atoms with Crippen LogP contribution in [0.5, 0.6) is 0 Å². The van der Waals surface area contributed by atoms with Crippen molar-refractivity contribution in [2.45, 2.75) is 33.1 Å². The van der Waals surface area contributed by atoms with Crippen molar-refractivity contribution in [1.29, 1.82) is 0 Å². The first kappa shape index (κ1) is 15.2. The number of nitrogens with one attached hydrogen (secondary N) is 1. The average Bonchev–Trinajstić information content (AvgIpc) is 2.36.